The predicted molar refractivity (Wildman–Crippen MR) is 347 cm³/mol. The first-order valence-corrected chi connectivity index (χ1v) is 34.9. The number of unbranched alkanes of at least 4 members (excludes halogenated alkanes) is 18. The molecular formula is C74H107N3O6S. The number of rotatable bonds is 37. The maximum absolute atomic E-state index is 13.0. The van der Waals surface area contributed by atoms with Gasteiger partial charge in [-0.3, -0.25) is 9.79 Å². The van der Waals surface area contributed by atoms with Crippen LogP contribution in [0.15, 0.2) is 99.1 Å². The molecular weight excluding hydrogens is 1060 g/mol. The Morgan fingerprint density at radius 1 is 0.690 bits per heavy atom. The van der Waals surface area contributed by atoms with E-state index in [1.54, 1.807) is 47.8 Å². The molecule has 0 saturated heterocycles. The molecule has 0 radical (unpaired) electrons. The van der Waals surface area contributed by atoms with Crippen molar-refractivity contribution in [1.82, 2.24) is 10.2 Å². The summed E-state index contributed by atoms with van der Waals surface area (Å²) in [6, 6.07) is 22.2. The lowest BCUT2D eigenvalue weighted by molar-refractivity contribution is -0.151. The maximum Gasteiger partial charge on any atom is 0.343 e. The van der Waals surface area contributed by atoms with Gasteiger partial charge in [0.05, 0.1) is 17.9 Å². The Morgan fingerprint density at radius 2 is 1.35 bits per heavy atom. The second-order valence-electron chi connectivity index (χ2n) is 27.0. The predicted octanol–water partition coefficient (Wildman–Crippen LogP) is 21.3. The van der Waals surface area contributed by atoms with Crippen LogP contribution in [0.2, 0.25) is 0 Å². The van der Waals surface area contributed by atoms with E-state index in [9.17, 15) is 9.59 Å². The second-order valence-corrected chi connectivity index (χ2v) is 28.0. The van der Waals surface area contributed by atoms with Gasteiger partial charge in [-0.1, -0.05) is 193 Å². The van der Waals surface area contributed by atoms with Crippen LogP contribution in [0.4, 0.5) is 5.69 Å². The first-order valence-electron chi connectivity index (χ1n) is 34.0. The number of esters is 2. The maximum atomic E-state index is 13.0. The Hall–Kier alpha value is -4.70. The summed E-state index contributed by atoms with van der Waals surface area (Å²) in [5, 5.41) is 9.19. The summed E-state index contributed by atoms with van der Waals surface area (Å²) in [6.07, 6.45) is 44.3. The SMILES string of the molecule is CCCCCCCCCCCCCCOc1ccc(C(=O)Oc2ccc(C=Nc3ccc(-c4nnc(SCCCCCCCCCCC(=O)OC5CC[C@@]6(C)C(=CC[C@H]7[C@@H]8CC[C@H]([C@H](C)CCCC(C)C)[C@@]8(C)CC[C@@H]76)C5)o4)cc3)cc2)cc1. The van der Waals surface area contributed by atoms with Crippen molar-refractivity contribution >= 4 is 35.6 Å². The van der Waals surface area contributed by atoms with Gasteiger partial charge in [0.1, 0.15) is 17.6 Å². The topological polar surface area (TPSA) is 113 Å². The molecule has 10 heteroatoms. The van der Waals surface area contributed by atoms with Crippen molar-refractivity contribution in [1.29, 1.82) is 0 Å². The third-order valence-corrected chi connectivity index (χ3v) is 21.3. The minimum absolute atomic E-state index is 0.0157. The lowest BCUT2D eigenvalue weighted by Gasteiger charge is -2.58. The summed E-state index contributed by atoms with van der Waals surface area (Å²) in [6.45, 7) is 15.6. The van der Waals surface area contributed by atoms with Gasteiger partial charge in [0, 0.05) is 30.4 Å². The van der Waals surface area contributed by atoms with Gasteiger partial charge in [-0.15, -0.1) is 10.2 Å². The van der Waals surface area contributed by atoms with Crippen LogP contribution < -0.4 is 9.47 Å². The van der Waals surface area contributed by atoms with E-state index in [1.807, 2.05) is 48.5 Å². The molecule has 1 aromatic heterocycles. The van der Waals surface area contributed by atoms with E-state index in [2.05, 4.69) is 62.8 Å². The summed E-state index contributed by atoms with van der Waals surface area (Å²) in [7, 11) is 0. The number of hydrogen-bond donors (Lipinski definition) is 0. The first kappa shape index (κ1) is 65.3. The van der Waals surface area contributed by atoms with Crippen LogP contribution in [0.3, 0.4) is 0 Å². The molecule has 1 unspecified atom stereocenters. The second kappa shape index (κ2) is 34.0. The lowest BCUT2D eigenvalue weighted by atomic mass is 9.47. The molecule has 4 aliphatic rings. The average molecular weight is 1170 g/mol. The van der Waals surface area contributed by atoms with Crippen LogP contribution in [-0.4, -0.2) is 46.8 Å². The molecule has 4 aliphatic carbocycles. The normalized spacial score (nSPS) is 23.2. The van der Waals surface area contributed by atoms with Crippen LogP contribution in [0.1, 0.15) is 263 Å². The van der Waals surface area contributed by atoms with Crippen LogP contribution in [-0.2, 0) is 9.53 Å². The Labute approximate surface area is 511 Å². The van der Waals surface area contributed by atoms with Crippen molar-refractivity contribution in [2.24, 2.45) is 51.3 Å². The highest BCUT2D eigenvalue weighted by atomic mass is 32.2. The molecule has 3 aromatic carbocycles. The van der Waals surface area contributed by atoms with Crippen LogP contribution in [0, 0.1) is 46.3 Å². The molecule has 0 amide bonds. The number of benzene rings is 3. The van der Waals surface area contributed by atoms with Gasteiger partial charge in [-0.25, -0.2) is 4.79 Å². The zero-order valence-corrected chi connectivity index (χ0v) is 53.7. The fraction of sp³-hybridized carbons (Fsp3) is 0.662. The summed E-state index contributed by atoms with van der Waals surface area (Å²) >= 11 is 1.62. The molecule has 1 heterocycles. The zero-order valence-electron chi connectivity index (χ0n) is 52.9. The van der Waals surface area contributed by atoms with Crippen molar-refractivity contribution in [2.75, 3.05) is 12.4 Å². The standard InChI is InChI=1S/C74H107N3O6S/c1-7-8-9-10-11-12-13-14-16-19-22-25-51-80-62-42-35-59(36-43-62)71(79)82-63-40-31-57(32-41-63)54-75-61-38-33-58(34-39-61)70-76-77-72(83-70)84-52-26-23-20-17-15-18-21-24-30-69(78)81-64-47-49-73(5)60(53-64)37-44-65-67-46-45-66(56(4)29-27-28-55(2)3)74(67,6)50-48-68(65)73/h31-43,54-56,64-68H,7-30,44-53H2,1-6H3/t56-,64?,65+,66-,67+,68+,73+,74-/m1/s1. The molecule has 84 heavy (non-hydrogen) atoms. The molecule has 3 fully saturated rings. The van der Waals surface area contributed by atoms with Gasteiger partial charge < -0.3 is 18.6 Å². The Balaban J connectivity index is 0.626. The average Bonchev–Trinajstić information content (AvgIpc) is 1.48. The molecule has 8 atom stereocenters. The van der Waals surface area contributed by atoms with Crippen LogP contribution >= 0.6 is 11.8 Å². The third-order valence-electron chi connectivity index (χ3n) is 20.4. The number of hydrogen-bond acceptors (Lipinski definition) is 10. The van der Waals surface area contributed by atoms with Crippen LogP contribution in [0.5, 0.6) is 11.5 Å². The quantitative estimate of drug-likeness (QED) is 0.0109. The molecule has 9 nitrogen and oxygen atoms in total. The Morgan fingerprint density at radius 3 is 2.04 bits per heavy atom. The van der Waals surface area contributed by atoms with Crippen LogP contribution in [0.25, 0.3) is 11.5 Å². The number of nitrogens with zero attached hydrogens (tertiary/aromatic N) is 3. The van der Waals surface area contributed by atoms with E-state index in [0.717, 1.165) is 102 Å². The largest absolute Gasteiger partial charge is 0.494 e. The highest BCUT2D eigenvalue weighted by molar-refractivity contribution is 7.99. The van der Waals surface area contributed by atoms with Gasteiger partial charge in [0.2, 0.25) is 5.89 Å². The van der Waals surface area contributed by atoms with E-state index < -0.39 is 5.97 Å². The molecule has 0 bridgehead atoms. The van der Waals surface area contributed by atoms with Gasteiger partial charge in [-0.05, 0) is 189 Å². The van der Waals surface area contributed by atoms with E-state index in [1.165, 1.54) is 161 Å². The van der Waals surface area contributed by atoms with E-state index in [4.69, 9.17) is 18.6 Å². The molecule has 0 N–H and O–H groups in total. The highest BCUT2D eigenvalue weighted by Crippen LogP contribution is 2.67. The number of carbonyl (C=O) groups excluding carboxylic acids is 2. The molecule has 3 saturated carbocycles. The van der Waals surface area contributed by atoms with Gasteiger partial charge in [0.25, 0.3) is 5.22 Å². The van der Waals surface area contributed by atoms with Crippen molar-refractivity contribution in [3.05, 3.63) is 95.6 Å². The number of carbonyl (C=O) groups is 2. The lowest BCUT2D eigenvalue weighted by Crippen LogP contribution is -2.51. The summed E-state index contributed by atoms with van der Waals surface area (Å²) < 4.78 is 23.8. The molecule has 0 spiro atoms. The van der Waals surface area contributed by atoms with Crippen molar-refractivity contribution in [2.45, 2.75) is 258 Å². The molecule has 4 aromatic rings. The first-order chi connectivity index (χ1) is 40.9. The minimum Gasteiger partial charge on any atom is -0.494 e. The van der Waals surface area contributed by atoms with Crippen molar-refractivity contribution in [3.63, 3.8) is 0 Å². The van der Waals surface area contributed by atoms with Gasteiger partial charge in [-0.2, -0.15) is 0 Å². The molecule has 0 aliphatic heterocycles. The number of ether oxygens (including phenoxy) is 3. The summed E-state index contributed by atoms with van der Waals surface area (Å²) in [5.74, 6) is 7.38. The number of aromatic nitrogens is 2. The number of thioether (sulfide) groups is 1. The van der Waals surface area contributed by atoms with E-state index in [-0.39, 0.29) is 12.1 Å². The highest BCUT2D eigenvalue weighted by Gasteiger charge is 2.59. The van der Waals surface area contributed by atoms with E-state index in [0.29, 0.717) is 46.3 Å². The molecule has 460 valence electrons. The number of fused-ring (bicyclic) bond motifs is 5. The smallest absolute Gasteiger partial charge is 0.343 e. The monoisotopic (exact) mass is 1170 g/mol. The van der Waals surface area contributed by atoms with Crippen molar-refractivity contribution < 1.29 is 28.2 Å². The summed E-state index contributed by atoms with van der Waals surface area (Å²) in [4.78, 5) is 30.6. The fourth-order valence-corrected chi connectivity index (χ4v) is 16.2. The zero-order chi connectivity index (χ0) is 59.0. The fourth-order valence-electron chi connectivity index (χ4n) is 15.4. The van der Waals surface area contributed by atoms with Crippen molar-refractivity contribution in [3.8, 4) is 23.0 Å². The minimum atomic E-state index is -0.409. The van der Waals surface area contributed by atoms with E-state index >= 15 is 0 Å². The third kappa shape index (κ3) is 19.4. The Kier molecular flexibility index (Phi) is 26.4. The summed E-state index contributed by atoms with van der Waals surface area (Å²) in [5.41, 5.74) is 5.43. The molecule has 8 rings (SSSR count). The number of allylic oxidation sites excluding steroid dienone is 1. The Bertz CT molecular complexity index is 2630. The number of aliphatic imine (C=N–C) groups is 1. The van der Waals surface area contributed by atoms with Gasteiger partial charge in [0.15, 0.2) is 0 Å². The van der Waals surface area contributed by atoms with Gasteiger partial charge >= 0.3 is 11.9 Å².